The highest BCUT2D eigenvalue weighted by atomic mass is 16.6. The van der Waals surface area contributed by atoms with Crippen LogP contribution in [-0.2, 0) is 0 Å². The maximum absolute atomic E-state index is 10.5. The third kappa shape index (κ3) is 1.92. The number of nitrogens with two attached hydrogens (primary N) is 1. The number of nitrogens with zero attached hydrogens (tertiary/aromatic N) is 4. The van der Waals surface area contributed by atoms with Crippen molar-refractivity contribution in [1.29, 1.82) is 0 Å². The van der Waals surface area contributed by atoms with Crippen LogP contribution in [0.25, 0.3) is 11.3 Å². The molecule has 0 atom stereocenters. The predicted molar refractivity (Wildman–Crippen MR) is 56.3 cm³/mol. The lowest BCUT2D eigenvalue weighted by atomic mass is 10.1. The molecule has 16 heavy (non-hydrogen) atoms. The molecule has 2 N–H and O–H groups in total. The zero-order chi connectivity index (χ0) is 11.5. The lowest BCUT2D eigenvalue weighted by Crippen LogP contribution is -1.98. The highest BCUT2D eigenvalue weighted by molar-refractivity contribution is 5.60. The van der Waals surface area contributed by atoms with Crippen molar-refractivity contribution in [3.8, 4) is 11.3 Å². The van der Waals surface area contributed by atoms with Gasteiger partial charge in [-0.15, -0.1) is 5.10 Å². The van der Waals surface area contributed by atoms with Crippen LogP contribution in [0.3, 0.4) is 0 Å². The molecule has 0 saturated heterocycles. The minimum atomic E-state index is -0.462. The quantitative estimate of drug-likeness (QED) is 0.594. The van der Waals surface area contributed by atoms with Gasteiger partial charge in [0.15, 0.2) is 0 Å². The third-order valence-electron chi connectivity index (χ3n) is 1.95. The standard InChI is InChI=1S/C9H7N5O2/c10-9-12-8(5-11-13-9)6-1-3-7(4-2-6)14(15)16/h1-5H,(H2,10,12,13). The first-order valence-corrected chi connectivity index (χ1v) is 4.37. The van der Waals surface area contributed by atoms with Crippen LogP contribution >= 0.6 is 0 Å². The number of anilines is 1. The maximum Gasteiger partial charge on any atom is 0.269 e. The second-order valence-corrected chi connectivity index (χ2v) is 3.00. The molecule has 0 aliphatic rings. The Balaban J connectivity index is 2.38. The fourth-order valence-corrected chi connectivity index (χ4v) is 1.21. The molecule has 0 aliphatic carbocycles. The fourth-order valence-electron chi connectivity index (χ4n) is 1.21. The smallest absolute Gasteiger partial charge is 0.269 e. The van der Waals surface area contributed by atoms with Gasteiger partial charge in [-0.25, -0.2) is 4.98 Å². The van der Waals surface area contributed by atoms with Gasteiger partial charge >= 0.3 is 0 Å². The van der Waals surface area contributed by atoms with Gasteiger partial charge in [0.05, 0.1) is 16.8 Å². The first-order chi connectivity index (χ1) is 7.66. The number of rotatable bonds is 2. The van der Waals surface area contributed by atoms with Crippen molar-refractivity contribution in [3.05, 3.63) is 40.6 Å². The van der Waals surface area contributed by atoms with Crippen molar-refractivity contribution >= 4 is 11.6 Å². The van der Waals surface area contributed by atoms with Crippen molar-refractivity contribution < 1.29 is 4.92 Å². The molecule has 0 aliphatic heterocycles. The van der Waals surface area contributed by atoms with Crippen molar-refractivity contribution in [3.63, 3.8) is 0 Å². The number of nitro benzene ring substituents is 1. The van der Waals surface area contributed by atoms with E-state index in [9.17, 15) is 10.1 Å². The molecule has 0 fully saturated rings. The average Bonchev–Trinajstić information content (AvgIpc) is 2.29. The van der Waals surface area contributed by atoms with Gasteiger partial charge in [-0.3, -0.25) is 10.1 Å². The Labute approximate surface area is 90.1 Å². The molecule has 1 aromatic heterocycles. The van der Waals surface area contributed by atoms with Crippen LogP contribution in [0.15, 0.2) is 30.5 Å². The molecule has 2 rings (SSSR count). The monoisotopic (exact) mass is 217 g/mol. The fraction of sp³-hybridized carbons (Fsp3) is 0. The lowest BCUT2D eigenvalue weighted by molar-refractivity contribution is -0.384. The van der Waals surface area contributed by atoms with Gasteiger partial charge in [0, 0.05) is 17.7 Å². The summed E-state index contributed by atoms with van der Waals surface area (Å²) >= 11 is 0. The summed E-state index contributed by atoms with van der Waals surface area (Å²) in [5.74, 6) is 0.0656. The van der Waals surface area contributed by atoms with Gasteiger partial charge in [0.2, 0.25) is 5.95 Å². The number of nitrogen functional groups attached to an aromatic ring is 1. The first-order valence-electron chi connectivity index (χ1n) is 4.37. The molecule has 1 heterocycles. The summed E-state index contributed by atoms with van der Waals surface area (Å²) in [7, 11) is 0. The first kappa shape index (κ1) is 9.97. The Morgan fingerprint density at radius 2 is 1.94 bits per heavy atom. The van der Waals surface area contributed by atoms with Crippen molar-refractivity contribution in [2.75, 3.05) is 5.73 Å². The van der Waals surface area contributed by atoms with E-state index in [4.69, 9.17) is 5.73 Å². The summed E-state index contributed by atoms with van der Waals surface area (Å²) in [6.07, 6.45) is 1.44. The van der Waals surface area contributed by atoms with Crippen LogP contribution in [-0.4, -0.2) is 20.1 Å². The molecule has 2 aromatic rings. The second-order valence-electron chi connectivity index (χ2n) is 3.00. The highest BCUT2D eigenvalue weighted by Gasteiger charge is 2.06. The van der Waals surface area contributed by atoms with Crippen molar-refractivity contribution in [2.45, 2.75) is 0 Å². The van der Waals surface area contributed by atoms with Crippen molar-refractivity contribution in [1.82, 2.24) is 15.2 Å². The third-order valence-corrected chi connectivity index (χ3v) is 1.95. The van der Waals surface area contributed by atoms with Crippen LogP contribution in [0, 0.1) is 10.1 Å². The molecule has 0 saturated carbocycles. The van der Waals surface area contributed by atoms with Crippen molar-refractivity contribution in [2.24, 2.45) is 0 Å². The molecule has 7 nitrogen and oxygen atoms in total. The van der Waals surface area contributed by atoms with Crippen LogP contribution < -0.4 is 5.73 Å². The Hall–Kier alpha value is -2.57. The molecule has 0 amide bonds. The van der Waals surface area contributed by atoms with Gasteiger partial charge in [-0.05, 0) is 12.1 Å². The van der Waals surface area contributed by atoms with E-state index in [1.807, 2.05) is 0 Å². The molecule has 0 radical (unpaired) electrons. The van der Waals surface area contributed by atoms with E-state index >= 15 is 0 Å². The maximum atomic E-state index is 10.5. The summed E-state index contributed by atoms with van der Waals surface area (Å²) in [5.41, 5.74) is 6.64. The summed E-state index contributed by atoms with van der Waals surface area (Å²) < 4.78 is 0. The van der Waals surface area contributed by atoms with E-state index in [1.165, 1.54) is 18.3 Å². The second kappa shape index (κ2) is 3.89. The molecule has 80 valence electrons. The molecular formula is C9H7N5O2. The van der Waals surface area contributed by atoms with Crippen LogP contribution in [0.1, 0.15) is 0 Å². The van der Waals surface area contributed by atoms with Gasteiger partial charge in [0.25, 0.3) is 5.69 Å². The van der Waals surface area contributed by atoms with E-state index in [0.29, 0.717) is 11.3 Å². The van der Waals surface area contributed by atoms with Gasteiger partial charge in [-0.2, -0.15) is 5.10 Å². The number of hydrogen-bond acceptors (Lipinski definition) is 6. The molecular weight excluding hydrogens is 210 g/mol. The minimum absolute atomic E-state index is 0.0266. The summed E-state index contributed by atoms with van der Waals surface area (Å²) in [6.45, 7) is 0. The SMILES string of the molecule is Nc1nncc(-c2ccc([N+](=O)[O-])cc2)n1. The van der Waals surface area contributed by atoms with E-state index in [0.717, 1.165) is 0 Å². The molecule has 1 aromatic carbocycles. The summed E-state index contributed by atoms with van der Waals surface area (Å²) in [4.78, 5) is 13.9. The summed E-state index contributed by atoms with van der Waals surface area (Å²) in [5, 5.41) is 17.6. The number of aromatic nitrogens is 3. The number of nitro groups is 1. The van der Waals surface area contributed by atoms with Crippen LogP contribution in [0.4, 0.5) is 11.6 Å². The average molecular weight is 217 g/mol. The Kier molecular flexibility index (Phi) is 2.42. The van der Waals surface area contributed by atoms with E-state index < -0.39 is 4.92 Å². The van der Waals surface area contributed by atoms with Gasteiger partial charge in [-0.1, -0.05) is 0 Å². The number of non-ortho nitro benzene ring substituents is 1. The Morgan fingerprint density at radius 3 is 2.50 bits per heavy atom. The van der Waals surface area contributed by atoms with E-state index in [-0.39, 0.29) is 11.6 Å². The topological polar surface area (TPSA) is 108 Å². The van der Waals surface area contributed by atoms with Crippen LogP contribution in [0.5, 0.6) is 0 Å². The Bertz CT molecular complexity index is 526. The van der Waals surface area contributed by atoms with E-state index in [1.54, 1.807) is 12.1 Å². The zero-order valence-corrected chi connectivity index (χ0v) is 8.07. The van der Waals surface area contributed by atoms with Gasteiger partial charge in [0.1, 0.15) is 0 Å². The largest absolute Gasteiger partial charge is 0.366 e. The normalized spacial score (nSPS) is 10.0. The number of hydrogen-bond donors (Lipinski definition) is 1. The van der Waals surface area contributed by atoms with Crippen LogP contribution in [0.2, 0.25) is 0 Å². The minimum Gasteiger partial charge on any atom is -0.366 e. The lowest BCUT2D eigenvalue weighted by Gasteiger charge is -1.99. The summed E-state index contributed by atoms with van der Waals surface area (Å²) in [6, 6.07) is 5.96. The highest BCUT2D eigenvalue weighted by Crippen LogP contribution is 2.19. The molecule has 0 unspecified atom stereocenters. The Morgan fingerprint density at radius 1 is 1.25 bits per heavy atom. The molecule has 0 bridgehead atoms. The van der Waals surface area contributed by atoms with Gasteiger partial charge < -0.3 is 5.73 Å². The van der Waals surface area contributed by atoms with E-state index in [2.05, 4.69) is 15.2 Å². The molecule has 0 spiro atoms. The number of benzene rings is 1. The molecule has 7 heteroatoms. The zero-order valence-electron chi connectivity index (χ0n) is 8.07. The predicted octanol–water partition coefficient (Wildman–Crippen LogP) is 1.03.